The molecule has 3 heterocycles. The maximum atomic E-state index is 13.5. The van der Waals surface area contributed by atoms with Gasteiger partial charge in [-0.2, -0.15) is 0 Å². The predicted molar refractivity (Wildman–Crippen MR) is 159 cm³/mol. The fraction of sp³-hybridized carbons (Fsp3) is 0.727. The summed E-state index contributed by atoms with van der Waals surface area (Å²) in [7, 11) is 3.02. The van der Waals surface area contributed by atoms with Crippen LogP contribution >= 0.6 is 0 Å². The highest BCUT2D eigenvalue weighted by Gasteiger charge is 2.53. The summed E-state index contributed by atoms with van der Waals surface area (Å²) in [5.41, 5.74) is 0.979. The minimum Gasteiger partial charge on any atom is -0.457 e. The van der Waals surface area contributed by atoms with Gasteiger partial charge in [-0.1, -0.05) is 36.8 Å². The van der Waals surface area contributed by atoms with Gasteiger partial charge < -0.3 is 43.7 Å². The van der Waals surface area contributed by atoms with Gasteiger partial charge in [0, 0.05) is 45.8 Å². The molecule has 2 saturated heterocycles. The molecule has 0 amide bonds. The number of esters is 1. The Kier molecular flexibility index (Phi) is 13.4. The average Bonchev–Trinajstić information content (AvgIpc) is 2.96. The first-order valence-electron chi connectivity index (χ1n) is 15.2. The van der Waals surface area contributed by atoms with Crippen LogP contribution in [0.5, 0.6) is 0 Å². The van der Waals surface area contributed by atoms with Crippen molar-refractivity contribution < 1.29 is 48.5 Å². The van der Waals surface area contributed by atoms with E-state index in [1.807, 2.05) is 44.2 Å². The number of cyclic esters (lactones) is 1. The Morgan fingerprint density at radius 3 is 2.58 bits per heavy atom. The highest BCUT2D eigenvalue weighted by Crippen LogP contribution is 2.41. The van der Waals surface area contributed by atoms with Gasteiger partial charge in [0.2, 0.25) is 0 Å². The summed E-state index contributed by atoms with van der Waals surface area (Å²) < 4.78 is 35.7. The summed E-state index contributed by atoms with van der Waals surface area (Å²) in [6.45, 7) is 7.12. The minimum atomic E-state index is -1.92. The SMILES string of the molecule is C#CCCC/C=C/C=C/C1C/C(C)=C/[C@@H](OC)C[C@@H]2O[C@@](O)(CC(O[C@@H]3O[C@@H](C)[C@H](O)[C@@H](O)[C@H]3OC)[C@@H]2C)[C@H](C)C(=O)O1. The molecule has 10 nitrogen and oxygen atoms in total. The van der Waals surface area contributed by atoms with Crippen LogP contribution < -0.4 is 0 Å². The molecule has 0 aromatic rings. The smallest absolute Gasteiger partial charge is 0.314 e. The average molecular weight is 607 g/mol. The molecular weight excluding hydrogens is 556 g/mol. The van der Waals surface area contributed by atoms with Gasteiger partial charge in [-0.15, -0.1) is 12.3 Å². The molecule has 43 heavy (non-hydrogen) atoms. The van der Waals surface area contributed by atoms with Crippen molar-refractivity contribution >= 4 is 5.97 Å². The zero-order chi connectivity index (χ0) is 31.7. The summed E-state index contributed by atoms with van der Waals surface area (Å²) in [5.74, 6) is -1.21. The van der Waals surface area contributed by atoms with Gasteiger partial charge in [-0.05, 0) is 39.7 Å². The molecule has 2 bridgehead atoms. The van der Waals surface area contributed by atoms with Crippen LogP contribution in [-0.2, 0) is 33.2 Å². The molecule has 0 aliphatic carbocycles. The van der Waals surface area contributed by atoms with Crippen molar-refractivity contribution in [1.82, 2.24) is 0 Å². The molecular formula is C33H50O10. The van der Waals surface area contributed by atoms with E-state index in [-0.39, 0.29) is 18.4 Å². The number of aliphatic hydroxyl groups is 3. The van der Waals surface area contributed by atoms with Gasteiger partial charge in [0.05, 0.1) is 24.4 Å². The summed E-state index contributed by atoms with van der Waals surface area (Å²) >= 11 is 0. The van der Waals surface area contributed by atoms with Gasteiger partial charge >= 0.3 is 5.97 Å². The molecule has 0 aromatic heterocycles. The number of rotatable bonds is 9. The van der Waals surface area contributed by atoms with Crippen LogP contribution in [0.15, 0.2) is 36.0 Å². The number of hydrogen-bond donors (Lipinski definition) is 3. The van der Waals surface area contributed by atoms with Gasteiger partial charge in [-0.3, -0.25) is 4.79 Å². The Bertz CT molecular complexity index is 1030. The molecule has 0 saturated carbocycles. The van der Waals surface area contributed by atoms with E-state index in [1.54, 1.807) is 21.0 Å². The van der Waals surface area contributed by atoms with Crippen molar-refractivity contribution in [1.29, 1.82) is 0 Å². The second kappa shape index (κ2) is 16.3. The van der Waals surface area contributed by atoms with Gasteiger partial charge in [0.25, 0.3) is 0 Å². The monoisotopic (exact) mass is 606 g/mol. The Labute approximate surface area is 256 Å². The van der Waals surface area contributed by atoms with E-state index in [2.05, 4.69) is 5.92 Å². The van der Waals surface area contributed by atoms with E-state index in [0.717, 1.165) is 24.8 Å². The third-order valence-electron chi connectivity index (χ3n) is 8.71. The minimum absolute atomic E-state index is 0.0579. The Balaban J connectivity index is 1.87. The first-order chi connectivity index (χ1) is 20.4. The molecule has 3 aliphatic heterocycles. The van der Waals surface area contributed by atoms with Gasteiger partial charge in [-0.25, -0.2) is 0 Å². The number of hydrogen-bond acceptors (Lipinski definition) is 10. The van der Waals surface area contributed by atoms with Crippen LogP contribution in [0.4, 0.5) is 0 Å². The summed E-state index contributed by atoms with van der Waals surface area (Å²) in [4.78, 5) is 13.5. The van der Waals surface area contributed by atoms with E-state index in [9.17, 15) is 20.1 Å². The molecule has 12 atom stereocenters. The fourth-order valence-corrected chi connectivity index (χ4v) is 5.81. The molecule has 3 N–H and O–H groups in total. The second-order valence-corrected chi connectivity index (χ2v) is 12.0. The number of aliphatic hydroxyl groups excluding tert-OH is 2. The number of carbonyl (C=O) groups excluding carboxylic acids is 1. The molecule has 0 spiro atoms. The molecule has 2 unspecified atom stereocenters. The lowest BCUT2D eigenvalue weighted by molar-refractivity contribution is -0.353. The fourth-order valence-electron chi connectivity index (χ4n) is 5.81. The van der Waals surface area contributed by atoms with Crippen LogP contribution in [0.1, 0.15) is 66.2 Å². The zero-order valence-corrected chi connectivity index (χ0v) is 26.3. The molecule has 242 valence electrons. The zero-order valence-electron chi connectivity index (χ0n) is 26.3. The topological polar surface area (TPSA) is 133 Å². The van der Waals surface area contributed by atoms with Crippen molar-refractivity contribution in [2.45, 2.75) is 127 Å². The third kappa shape index (κ3) is 9.22. The third-order valence-corrected chi connectivity index (χ3v) is 8.71. The number of carbonyl (C=O) groups is 1. The van der Waals surface area contributed by atoms with Crippen molar-refractivity contribution in [3.63, 3.8) is 0 Å². The number of terminal acetylenes is 1. The van der Waals surface area contributed by atoms with Crippen molar-refractivity contribution in [2.24, 2.45) is 11.8 Å². The molecule has 10 heteroatoms. The first kappa shape index (κ1) is 35.4. The molecule has 2 fully saturated rings. The number of fused-ring (bicyclic) bond motifs is 2. The normalized spacial score (nSPS) is 42.5. The van der Waals surface area contributed by atoms with Crippen LogP contribution in [0.25, 0.3) is 0 Å². The van der Waals surface area contributed by atoms with Gasteiger partial charge in [0.1, 0.15) is 30.3 Å². The van der Waals surface area contributed by atoms with E-state index in [0.29, 0.717) is 12.8 Å². The molecule has 0 aromatic carbocycles. The van der Waals surface area contributed by atoms with Crippen molar-refractivity contribution in [3.05, 3.63) is 36.0 Å². The standard InChI is InChI=1S/C33H50O10/c1-8-9-10-11-12-13-14-15-24-16-20(2)17-25(38-6)18-26-21(3)27(19-33(37,43-26)22(4)31(36)41-24)42-32-30(39-7)29(35)28(34)23(5)40-32/h1,12-15,17,21-30,32,34-35,37H,9-11,16,18-19H2,2-7H3/b13-12+,15-14+,20-17+/t21-,22-,23+,24?,25-,26+,27?,28+,29-,30-,32+,33+/m1/s1. The maximum Gasteiger partial charge on any atom is 0.314 e. The Morgan fingerprint density at radius 1 is 1.16 bits per heavy atom. The van der Waals surface area contributed by atoms with Crippen molar-refractivity contribution in [3.8, 4) is 12.3 Å². The summed E-state index contributed by atoms with van der Waals surface area (Å²) in [6, 6.07) is 0. The summed E-state index contributed by atoms with van der Waals surface area (Å²) in [5, 5.41) is 32.8. The lowest BCUT2D eigenvalue weighted by Gasteiger charge is -2.49. The quantitative estimate of drug-likeness (QED) is 0.118. The molecule has 3 aliphatic rings. The number of ether oxygens (including phenoxy) is 6. The Morgan fingerprint density at radius 2 is 1.91 bits per heavy atom. The first-order valence-corrected chi connectivity index (χ1v) is 15.2. The van der Waals surface area contributed by atoms with E-state index >= 15 is 0 Å². The second-order valence-electron chi connectivity index (χ2n) is 12.0. The summed E-state index contributed by atoms with van der Waals surface area (Å²) in [6.07, 6.45) is 11.0. The van der Waals surface area contributed by atoms with E-state index < -0.39 is 66.7 Å². The van der Waals surface area contributed by atoms with Gasteiger partial charge in [0.15, 0.2) is 12.1 Å². The van der Waals surface area contributed by atoms with E-state index in [4.69, 9.17) is 34.8 Å². The lowest BCUT2D eigenvalue weighted by Crippen LogP contribution is -2.61. The number of methoxy groups -OCH3 is 2. The van der Waals surface area contributed by atoms with Crippen LogP contribution in [0.2, 0.25) is 0 Å². The lowest BCUT2D eigenvalue weighted by atomic mass is 9.81. The van der Waals surface area contributed by atoms with E-state index in [1.165, 1.54) is 7.11 Å². The maximum absolute atomic E-state index is 13.5. The van der Waals surface area contributed by atoms with Crippen LogP contribution in [-0.4, -0.2) is 96.4 Å². The Hall–Kier alpha value is -2.07. The molecule has 0 radical (unpaired) electrons. The molecule has 3 rings (SSSR count). The number of unbranched alkanes of at least 4 members (excludes halogenated alkanes) is 2. The van der Waals surface area contributed by atoms with Crippen molar-refractivity contribution in [2.75, 3.05) is 14.2 Å². The highest BCUT2D eigenvalue weighted by molar-refractivity contribution is 5.73. The largest absolute Gasteiger partial charge is 0.457 e. The predicted octanol–water partition coefficient (Wildman–Crippen LogP) is 3.19. The highest BCUT2D eigenvalue weighted by atomic mass is 16.7. The van der Waals surface area contributed by atoms with Crippen LogP contribution in [0.3, 0.4) is 0 Å². The van der Waals surface area contributed by atoms with Crippen LogP contribution in [0, 0.1) is 24.2 Å². The number of allylic oxidation sites excluding steroid dienone is 3.